The molecule has 158 valence electrons. The lowest BCUT2D eigenvalue weighted by Gasteiger charge is -2.13. The lowest BCUT2D eigenvalue weighted by atomic mass is 10.1. The van der Waals surface area contributed by atoms with Crippen molar-refractivity contribution in [3.8, 4) is 17.0 Å². The minimum absolute atomic E-state index is 0.0509. The third-order valence-electron chi connectivity index (χ3n) is 4.49. The second-order valence-electron chi connectivity index (χ2n) is 6.60. The Kier molecular flexibility index (Phi) is 6.86. The molecule has 3 rings (SSSR count). The molecular formula is C21H23N3O4S2. The number of aromatic nitrogens is 1. The number of benzene rings is 2. The molecular weight excluding hydrogens is 422 g/mol. The van der Waals surface area contributed by atoms with Gasteiger partial charge in [-0.2, -0.15) is 4.72 Å². The van der Waals surface area contributed by atoms with E-state index in [0.717, 1.165) is 17.7 Å². The number of nitrogens with one attached hydrogen (secondary N) is 2. The highest BCUT2D eigenvalue weighted by Gasteiger charge is 2.23. The number of thiazole rings is 1. The second-order valence-corrected chi connectivity index (χ2v) is 9.17. The molecule has 0 unspecified atom stereocenters. The van der Waals surface area contributed by atoms with Crippen LogP contribution in [0.2, 0.25) is 0 Å². The van der Waals surface area contributed by atoms with Crippen LogP contribution in [0.1, 0.15) is 19.4 Å². The quantitative estimate of drug-likeness (QED) is 0.551. The summed E-state index contributed by atoms with van der Waals surface area (Å²) < 4.78 is 32.4. The topological polar surface area (TPSA) is 97.4 Å². The molecule has 9 heteroatoms. The molecule has 1 heterocycles. The highest BCUT2D eigenvalue weighted by molar-refractivity contribution is 7.89. The Bertz CT molecular complexity index is 1110. The Labute approximate surface area is 180 Å². The van der Waals surface area contributed by atoms with Gasteiger partial charge in [0.15, 0.2) is 5.13 Å². The monoisotopic (exact) mass is 445 g/mol. The summed E-state index contributed by atoms with van der Waals surface area (Å²) in [5.41, 5.74) is 2.95. The molecule has 0 spiro atoms. The van der Waals surface area contributed by atoms with E-state index in [1.165, 1.54) is 43.1 Å². The van der Waals surface area contributed by atoms with Crippen molar-refractivity contribution in [1.82, 2.24) is 9.71 Å². The van der Waals surface area contributed by atoms with Gasteiger partial charge in [0.25, 0.3) is 0 Å². The number of rotatable bonds is 8. The zero-order valence-corrected chi connectivity index (χ0v) is 18.5. The number of carbonyl (C=O) groups is 1. The third-order valence-corrected chi connectivity index (χ3v) is 6.80. The Morgan fingerprint density at radius 2 is 1.80 bits per heavy atom. The molecule has 0 aliphatic rings. The summed E-state index contributed by atoms with van der Waals surface area (Å²) in [4.78, 5) is 16.9. The highest BCUT2D eigenvalue weighted by atomic mass is 32.2. The van der Waals surface area contributed by atoms with E-state index < -0.39 is 22.0 Å². The molecule has 0 bridgehead atoms. The van der Waals surface area contributed by atoms with Crippen molar-refractivity contribution in [2.24, 2.45) is 0 Å². The van der Waals surface area contributed by atoms with Gasteiger partial charge in [-0.3, -0.25) is 4.79 Å². The first-order valence-corrected chi connectivity index (χ1v) is 11.7. The Balaban J connectivity index is 1.64. The van der Waals surface area contributed by atoms with Gasteiger partial charge in [0.1, 0.15) is 5.75 Å². The van der Waals surface area contributed by atoms with Crippen molar-refractivity contribution in [3.63, 3.8) is 0 Å². The molecule has 0 saturated heterocycles. The third kappa shape index (κ3) is 5.24. The number of ether oxygens (including phenoxy) is 1. The molecule has 7 nitrogen and oxygen atoms in total. The summed E-state index contributed by atoms with van der Waals surface area (Å²) in [5.74, 6) is 0.0537. The average molecular weight is 446 g/mol. The molecule has 1 atom stereocenters. The van der Waals surface area contributed by atoms with E-state index in [1.54, 1.807) is 12.1 Å². The van der Waals surface area contributed by atoms with E-state index in [4.69, 9.17) is 4.74 Å². The maximum atomic E-state index is 12.5. The molecule has 0 radical (unpaired) electrons. The van der Waals surface area contributed by atoms with Crippen molar-refractivity contribution in [2.75, 3.05) is 12.4 Å². The predicted octanol–water partition coefficient (Wildman–Crippen LogP) is 3.69. The molecule has 0 aliphatic carbocycles. The van der Waals surface area contributed by atoms with Crippen molar-refractivity contribution in [3.05, 3.63) is 59.5 Å². The fourth-order valence-corrected chi connectivity index (χ4v) is 4.62. The zero-order valence-electron chi connectivity index (χ0n) is 16.9. The standard InChI is InChI=1S/C21H23N3O4S2/c1-4-15-5-7-16(8-6-15)19-13-29-21(22-19)23-20(25)14(2)24-30(26,27)18-11-9-17(28-3)10-12-18/h5-14,24H,4H2,1-3H3,(H,22,23,25)/t14-/m0/s1. The number of hydrogen-bond acceptors (Lipinski definition) is 6. The van der Waals surface area contributed by atoms with E-state index in [1.807, 2.05) is 29.6 Å². The first-order chi connectivity index (χ1) is 14.3. The fraction of sp³-hybridized carbons (Fsp3) is 0.238. The van der Waals surface area contributed by atoms with Crippen LogP contribution >= 0.6 is 11.3 Å². The van der Waals surface area contributed by atoms with Crippen LogP contribution in [0.3, 0.4) is 0 Å². The number of hydrogen-bond donors (Lipinski definition) is 2. The molecule has 0 fully saturated rings. The summed E-state index contributed by atoms with van der Waals surface area (Å²) in [5, 5.41) is 4.93. The molecule has 1 amide bonds. The van der Waals surface area contributed by atoms with E-state index in [9.17, 15) is 13.2 Å². The first-order valence-electron chi connectivity index (χ1n) is 9.34. The minimum Gasteiger partial charge on any atom is -0.497 e. The second kappa shape index (κ2) is 9.38. The first kappa shape index (κ1) is 21.9. The van der Waals surface area contributed by atoms with E-state index >= 15 is 0 Å². The van der Waals surface area contributed by atoms with Gasteiger partial charge in [0, 0.05) is 10.9 Å². The highest BCUT2D eigenvalue weighted by Crippen LogP contribution is 2.25. The fourth-order valence-electron chi connectivity index (χ4n) is 2.70. The molecule has 0 aliphatic heterocycles. The molecule has 2 aromatic carbocycles. The van der Waals surface area contributed by atoms with Gasteiger partial charge in [0.05, 0.1) is 23.7 Å². The van der Waals surface area contributed by atoms with Gasteiger partial charge in [-0.25, -0.2) is 13.4 Å². The molecule has 1 aromatic heterocycles. The zero-order chi connectivity index (χ0) is 21.7. The number of methoxy groups -OCH3 is 1. The van der Waals surface area contributed by atoms with Crippen LogP contribution in [0, 0.1) is 0 Å². The van der Waals surface area contributed by atoms with Crippen molar-refractivity contribution >= 4 is 32.4 Å². The van der Waals surface area contributed by atoms with E-state index in [-0.39, 0.29) is 4.90 Å². The average Bonchev–Trinajstić information content (AvgIpc) is 3.22. The van der Waals surface area contributed by atoms with Gasteiger partial charge in [-0.05, 0) is 43.2 Å². The number of amides is 1. The van der Waals surface area contributed by atoms with Crippen LogP contribution in [0.4, 0.5) is 5.13 Å². The van der Waals surface area contributed by atoms with Crippen LogP contribution in [-0.2, 0) is 21.2 Å². The number of sulfonamides is 1. The number of carbonyl (C=O) groups excluding carboxylic acids is 1. The van der Waals surface area contributed by atoms with Crippen LogP contribution in [-0.4, -0.2) is 32.5 Å². The summed E-state index contributed by atoms with van der Waals surface area (Å²) in [6.45, 7) is 3.57. The Hall–Kier alpha value is -2.75. The van der Waals surface area contributed by atoms with Crippen molar-refractivity contribution < 1.29 is 17.9 Å². The van der Waals surface area contributed by atoms with Gasteiger partial charge >= 0.3 is 0 Å². The molecule has 2 N–H and O–H groups in total. The van der Waals surface area contributed by atoms with Crippen LogP contribution < -0.4 is 14.8 Å². The number of nitrogens with zero attached hydrogens (tertiary/aromatic N) is 1. The van der Waals surface area contributed by atoms with Gasteiger partial charge in [0.2, 0.25) is 15.9 Å². The lowest BCUT2D eigenvalue weighted by Crippen LogP contribution is -2.41. The van der Waals surface area contributed by atoms with Crippen LogP contribution in [0.15, 0.2) is 58.8 Å². The summed E-state index contributed by atoms with van der Waals surface area (Å²) in [7, 11) is -2.35. The van der Waals surface area contributed by atoms with E-state index in [2.05, 4.69) is 21.9 Å². The normalized spacial score (nSPS) is 12.4. The molecule has 3 aromatic rings. The SMILES string of the molecule is CCc1ccc(-c2csc(NC(=O)[C@H](C)NS(=O)(=O)c3ccc(OC)cc3)n2)cc1. The number of anilines is 1. The Morgan fingerprint density at radius 1 is 1.13 bits per heavy atom. The summed E-state index contributed by atoms with van der Waals surface area (Å²) >= 11 is 1.28. The predicted molar refractivity (Wildman–Crippen MR) is 118 cm³/mol. The summed E-state index contributed by atoms with van der Waals surface area (Å²) in [6, 6.07) is 13.0. The van der Waals surface area contributed by atoms with Crippen LogP contribution in [0.25, 0.3) is 11.3 Å². The molecule has 30 heavy (non-hydrogen) atoms. The summed E-state index contributed by atoms with van der Waals surface area (Å²) in [6.07, 6.45) is 0.961. The van der Waals surface area contributed by atoms with Crippen molar-refractivity contribution in [2.45, 2.75) is 31.2 Å². The van der Waals surface area contributed by atoms with Crippen molar-refractivity contribution in [1.29, 1.82) is 0 Å². The van der Waals surface area contributed by atoms with Crippen LogP contribution in [0.5, 0.6) is 5.75 Å². The minimum atomic E-state index is -3.85. The molecule has 0 saturated carbocycles. The van der Waals surface area contributed by atoms with Gasteiger partial charge in [-0.1, -0.05) is 31.2 Å². The smallest absolute Gasteiger partial charge is 0.244 e. The Morgan fingerprint density at radius 3 is 2.40 bits per heavy atom. The maximum Gasteiger partial charge on any atom is 0.244 e. The number of aryl methyl sites for hydroxylation is 1. The maximum absolute atomic E-state index is 12.5. The van der Waals surface area contributed by atoms with Gasteiger partial charge < -0.3 is 10.1 Å². The lowest BCUT2D eigenvalue weighted by molar-refractivity contribution is -0.117. The largest absolute Gasteiger partial charge is 0.497 e. The van der Waals surface area contributed by atoms with E-state index in [0.29, 0.717) is 10.9 Å². The van der Waals surface area contributed by atoms with Gasteiger partial charge in [-0.15, -0.1) is 11.3 Å².